The average molecular weight is 347 g/mol. The fourth-order valence-corrected chi connectivity index (χ4v) is 1.80. The van der Waals surface area contributed by atoms with Crippen LogP contribution >= 0.6 is 0 Å². The Morgan fingerprint density at radius 2 is 1.62 bits per heavy atom. The Kier molecular flexibility index (Phi) is 12.4. The molecule has 0 aromatic carbocycles. The topological polar surface area (TPSA) is 103 Å². The highest BCUT2D eigenvalue weighted by Crippen LogP contribution is 2.06. The van der Waals surface area contributed by atoms with Gasteiger partial charge < -0.3 is 25.3 Å². The maximum atomic E-state index is 11.4. The fourth-order valence-electron chi connectivity index (χ4n) is 1.80. The van der Waals surface area contributed by atoms with Gasteiger partial charge in [0.15, 0.2) is 0 Å². The van der Waals surface area contributed by atoms with Crippen LogP contribution in [-0.4, -0.2) is 81.5 Å². The molecule has 0 saturated carbocycles. The molecule has 0 atom stereocenters. The lowest BCUT2D eigenvalue weighted by Crippen LogP contribution is -2.36. The molecule has 0 radical (unpaired) electrons. The minimum absolute atomic E-state index is 0.0976. The second kappa shape index (κ2) is 13.1. The minimum Gasteiger partial charge on any atom is -0.444 e. The number of nitrogens with zero attached hydrogens (tertiary/aromatic N) is 1. The zero-order chi connectivity index (χ0) is 18.4. The van der Waals surface area contributed by atoms with Crippen LogP contribution in [0.1, 0.15) is 27.7 Å². The molecule has 8 heteroatoms. The number of ketones is 1. The Morgan fingerprint density at radius 3 is 2.12 bits per heavy atom. The number of alkyl carbamates (subject to hydrolysis) is 1. The third-order valence-corrected chi connectivity index (χ3v) is 2.73. The molecule has 0 aliphatic rings. The summed E-state index contributed by atoms with van der Waals surface area (Å²) < 4.78 is 15.9. The molecule has 8 nitrogen and oxygen atoms in total. The molecule has 0 heterocycles. The van der Waals surface area contributed by atoms with Gasteiger partial charge in [0.25, 0.3) is 0 Å². The largest absolute Gasteiger partial charge is 0.444 e. The average Bonchev–Trinajstić information content (AvgIpc) is 2.44. The van der Waals surface area contributed by atoms with Crippen LogP contribution in [0.4, 0.5) is 4.79 Å². The molecule has 0 aromatic heterocycles. The van der Waals surface area contributed by atoms with E-state index in [-0.39, 0.29) is 5.78 Å². The van der Waals surface area contributed by atoms with Crippen LogP contribution in [0.15, 0.2) is 0 Å². The maximum Gasteiger partial charge on any atom is 0.407 e. The summed E-state index contributed by atoms with van der Waals surface area (Å²) in [4.78, 5) is 24.7. The predicted molar refractivity (Wildman–Crippen MR) is 92.1 cm³/mol. The standard InChI is InChI=1S/C16H33N3O5/c1-14(20)13-19(7-11-22-9-5-17)8-12-23-10-6-18-15(21)24-16(2,3)4/h5-13,17H2,1-4H3,(H,18,21). The number of amides is 1. The fraction of sp³-hybridized carbons (Fsp3) is 0.875. The van der Waals surface area contributed by atoms with Crippen molar-refractivity contribution in [2.24, 2.45) is 5.73 Å². The van der Waals surface area contributed by atoms with Gasteiger partial charge in [-0.2, -0.15) is 0 Å². The Hall–Kier alpha value is -1.22. The predicted octanol–water partition coefficient (Wildman–Crippen LogP) is 0.394. The highest BCUT2D eigenvalue weighted by Gasteiger charge is 2.15. The van der Waals surface area contributed by atoms with Crippen LogP contribution in [0.25, 0.3) is 0 Å². The van der Waals surface area contributed by atoms with Crippen molar-refractivity contribution in [1.29, 1.82) is 0 Å². The third kappa shape index (κ3) is 15.7. The molecule has 142 valence electrons. The van der Waals surface area contributed by atoms with E-state index < -0.39 is 11.7 Å². The lowest BCUT2D eigenvalue weighted by atomic mass is 10.2. The van der Waals surface area contributed by atoms with Gasteiger partial charge in [-0.15, -0.1) is 0 Å². The lowest BCUT2D eigenvalue weighted by Gasteiger charge is -2.21. The molecule has 0 aliphatic carbocycles. The molecule has 0 bridgehead atoms. The van der Waals surface area contributed by atoms with E-state index >= 15 is 0 Å². The second-order valence-corrected chi connectivity index (χ2v) is 6.42. The van der Waals surface area contributed by atoms with E-state index in [2.05, 4.69) is 5.32 Å². The maximum absolute atomic E-state index is 11.4. The van der Waals surface area contributed by atoms with Crippen molar-refractivity contribution >= 4 is 11.9 Å². The van der Waals surface area contributed by atoms with Crippen molar-refractivity contribution in [3.8, 4) is 0 Å². The number of Topliss-reactive ketones (excluding diaryl/α,β-unsaturated/α-hetero) is 1. The summed E-state index contributed by atoms with van der Waals surface area (Å²) in [6.45, 7) is 11.4. The van der Waals surface area contributed by atoms with Crippen molar-refractivity contribution in [3.05, 3.63) is 0 Å². The second-order valence-electron chi connectivity index (χ2n) is 6.42. The normalized spacial score (nSPS) is 11.6. The monoisotopic (exact) mass is 347 g/mol. The van der Waals surface area contributed by atoms with Gasteiger partial charge >= 0.3 is 6.09 Å². The third-order valence-electron chi connectivity index (χ3n) is 2.73. The van der Waals surface area contributed by atoms with E-state index in [0.717, 1.165) is 0 Å². The molecule has 0 aliphatic heterocycles. The van der Waals surface area contributed by atoms with Crippen LogP contribution in [-0.2, 0) is 19.0 Å². The quantitative estimate of drug-likeness (QED) is 0.465. The number of nitrogens with two attached hydrogens (primary N) is 1. The van der Waals surface area contributed by atoms with Crippen molar-refractivity contribution in [3.63, 3.8) is 0 Å². The van der Waals surface area contributed by atoms with Gasteiger partial charge in [0.05, 0.1) is 33.0 Å². The first-order valence-electron chi connectivity index (χ1n) is 8.29. The summed E-state index contributed by atoms with van der Waals surface area (Å²) >= 11 is 0. The summed E-state index contributed by atoms with van der Waals surface area (Å²) in [5.41, 5.74) is 4.85. The van der Waals surface area contributed by atoms with Gasteiger partial charge in [0, 0.05) is 26.2 Å². The van der Waals surface area contributed by atoms with Gasteiger partial charge in [-0.25, -0.2) is 4.79 Å². The van der Waals surface area contributed by atoms with Gasteiger partial charge in [-0.3, -0.25) is 9.69 Å². The van der Waals surface area contributed by atoms with E-state index in [1.807, 2.05) is 25.7 Å². The van der Waals surface area contributed by atoms with E-state index in [0.29, 0.717) is 59.2 Å². The molecule has 3 N–H and O–H groups in total. The van der Waals surface area contributed by atoms with Crippen LogP contribution in [0.5, 0.6) is 0 Å². The number of carbonyl (C=O) groups excluding carboxylic acids is 2. The van der Waals surface area contributed by atoms with E-state index in [1.165, 1.54) is 0 Å². The molecule has 0 rings (SSSR count). The van der Waals surface area contributed by atoms with E-state index in [9.17, 15) is 9.59 Å². The number of hydrogen-bond acceptors (Lipinski definition) is 7. The summed E-state index contributed by atoms with van der Waals surface area (Å²) in [5, 5.41) is 2.62. The zero-order valence-corrected chi connectivity index (χ0v) is 15.4. The number of nitrogens with one attached hydrogen (secondary N) is 1. The summed E-state index contributed by atoms with van der Waals surface area (Å²) in [7, 11) is 0. The summed E-state index contributed by atoms with van der Waals surface area (Å²) in [6, 6.07) is 0. The molecule has 0 unspecified atom stereocenters. The van der Waals surface area contributed by atoms with Crippen molar-refractivity contribution in [2.45, 2.75) is 33.3 Å². The molecule has 0 fully saturated rings. The SMILES string of the molecule is CC(=O)CN(CCOCCN)CCOCCNC(=O)OC(C)(C)C. The van der Waals surface area contributed by atoms with Gasteiger partial charge in [0.2, 0.25) is 0 Å². The Bertz CT molecular complexity index is 358. The van der Waals surface area contributed by atoms with Gasteiger partial charge in [-0.05, 0) is 27.7 Å². The van der Waals surface area contributed by atoms with Gasteiger partial charge in [0.1, 0.15) is 11.4 Å². The molecule has 0 spiro atoms. The Balaban J connectivity index is 3.78. The summed E-state index contributed by atoms with van der Waals surface area (Å²) in [6.07, 6.45) is -0.457. The van der Waals surface area contributed by atoms with E-state index in [1.54, 1.807) is 6.92 Å². The van der Waals surface area contributed by atoms with Gasteiger partial charge in [-0.1, -0.05) is 0 Å². The van der Waals surface area contributed by atoms with E-state index in [4.69, 9.17) is 19.9 Å². The number of rotatable bonds is 13. The van der Waals surface area contributed by atoms with Crippen molar-refractivity contribution in [2.75, 3.05) is 59.2 Å². The number of carbonyl (C=O) groups is 2. The van der Waals surface area contributed by atoms with Crippen molar-refractivity contribution < 1.29 is 23.8 Å². The molecular formula is C16H33N3O5. The Morgan fingerprint density at radius 1 is 1.04 bits per heavy atom. The van der Waals surface area contributed by atoms with Crippen LogP contribution < -0.4 is 11.1 Å². The van der Waals surface area contributed by atoms with Crippen LogP contribution in [0.2, 0.25) is 0 Å². The highest BCUT2D eigenvalue weighted by atomic mass is 16.6. The number of ether oxygens (including phenoxy) is 3. The Labute approximate surface area is 145 Å². The smallest absolute Gasteiger partial charge is 0.407 e. The highest BCUT2D eigenvalue weighted by molar-refractivity contribution is 5.77. The summed E-state index contributed by atoms with van der Waals surface area (Å²) in [5.74, 6) is 0.0976. The molecular weight excluding hydrogens is 314 g/mol. The van der Waals surface area contributed by atoms with Crippen molar-refractivity contribution in [1.82, 2.24) is 10.2 Å². The van der Waals surface area contributed by atoms with Crippen LogP contribution in [0.3, 0.4) is 0 Å². The molecule has 0 aromatic rings. The first kappa shape index (κ1) is 22.8. The zero-order valence-electron chi connectivity index (χ0n) is 15.4. The first-order valence-corrected chi connectivity index (χ1v) is 8.29. The molecule has 1 amide bonds. The van der Waals surface area contributed by atoms with Crippen LogP contribution in [0, 0.1) is 0 Å². The first-order chi connectivity index (χ1) is 11.2. The minimum atomic E-state index is -0.510. The molecule has 0 saturated heterocycles. The molecule has 24 heavy (non-hydrogen) atoms. The number of hydrogen-bond donors (Lipinski definition) is 2. The lowest BCUT2D eigenvalue weighted by molar-refractivity contribution is -0.118.